The van der Waals surface area contributed by atoms with E-state index in [1.807, 2.05) is 31.3 Å². The van der Waals surface area contributed by atoms with Crippen LogP contribution in [0.15, 0.2) is 29.8 Å². The maximum Gasteiger partial charge on any atom is 0.226 e. The van der Waals surface area contributed by atoms with Crippen molar-refractivity contribution in [3.63, 3.8) is 0 Å². The number of hydrogen-bond acceptors (Lipinski definition) is 7. The minimum atomic E-state index is 0.569. The summed E-state index contributed by atoms with van der Waals surface area (Å²) in [7, 11) is 2.22. The third kappa shape index (κ3) is 4.67. The van der Waals surface area contributed by atoms with Gasteiger partial charge in [0.2, 0.25) is 5.95 Å². The van der Waals surface area contributed by atoms with Crippen LogP contribution in [0.2, 0.25) is 0 Å². The largest absolute Gasteiger partial charge is 0.494 e. The molecule has 4 rings (SSSR count). The summed E-state index contributed by atoms with van der Waals surface area (Å²) in [5, 5.41) is 4.30. The predicted octanol–water partition coefficient (Wildman–Crippen LogP) is 4.28. The van der Waals surface area contributed by atoms with Crippen LogP contribution in [-0.2, 0) is 6.54 Å². The highest BCUT2D eigenvalue weighted by molar-refractivity contribution is 7.09. The van der Waals surface area contributed by atoms with Crippen molar-refractivity contribution in [2.24, 2.45) is 0 Å². The first-order valence-corrected chi connectivity index (χ1v) is 11.3. The van der Waals surface area contributed by atoms with E-state index >= 15 is 0 Å². The summed E-state index contributed by atoms with van der Waals surface area (Å²) in [6.45, 7) is 7.63. The number of thiazole rings is 1. The highest BCUT2D eigenvalue weighted by Gasteiger charge is 2.23. The van der Waals surface area contributed by atoms with Crippen molar-refractivity contribution >= 4 is 28.2 Å². The molecule has 0 N–H and O–H groups in total. The summed E-state index contributed by atoms with van der Waals surface area (Å²) >= 11 is 1.73. The van der Waals surface area contributed by atoms with E-state index < -0.39 is 0 Å². The van der Waals surface area contributed by atoms with Gasteiger partial charge in [-0.25, -0.2) is 15.0 Å². The lowest BCUT2D eigenvalue weighted by molar-refractivity contribution is 0.217. The van der Waals surface area contributed by atoms with Crippen LogP contribution in [0, 0.1) is 6.92 Å². The maximum atomic E-state index is 5.63. The molecule has 1 saturated heterocycles. The number of anilines is 1. The Morgan fingerprint density at radius 2 is 2.14 bits per heavy atom. The number of nitrogens with zero attached hydrogens (tertiary/aromatic N) is 5. The summed E-state index contributed by atoms with van der Waals surface area (Å²) in [5.41, 5.74) is 1.99. The van der Waals surface area contributed by atoms with Gasteiger partial charge in [-0.3, -0.25) is 4.90 Å². The van der Waals surface area contributed by atoms with Crippen LogP contribution in [0.25, 0.3) is 10.9 Å². The highest BCUT2D eigenvalue weighted by atomic mass is 32.1. The fourth-order valence-electron chi connectivity index (χ4n) is 4.04. The molecule has 0 amide bonds. The Kier molecular flexibility index (Phi) is 6.25. The lowest BCUT2D eigenvalue weighted by Crippen LogP contribution is -2.33. The van der Waals surface area contributed by atoms with Crippen molar-refractivity contribution in [1.29, 1.82) is 0 Å². The maximum absolute atomic E-state index is 5.63. The first kappa shape index (κ1) is 20.0. The van der Waals surface area contributed by atoms with E-state index in [0.29, 0.717) is 12.6 Å². The number of benzene rings is 1. The Morgan fingerprint density at radius 1 is 1.24 bits per heavy atom. The van der Waals surface area contributed by atoms with Crippen LogP contribution < -0.4 is 9.64 Å². The van der Waals surface area contributed by atoms with E-state index in [9.17, 15) is 0 Å². The molecular weight excluding hydrogens is 382 g/mol. The van der Waals surface area contributed by atoms with Crippen LogP contribution in [-0.4, -0.2) is 52.6 Å². The molecule has 0 spiro atoms. The molecule has 3 aromatic rings. The molecule has 3 heterocycles. The van der Waals surface area contributed by atoms with E-state index in [4.69, 9.17) is 14.7 Å². The zero-order chi connectivity index (χ0) is 20.2. The number of rotatable bonds is 6. The topological polar surface area (TPSA) is 54.4 Å². The first-order chi connectivity index (χ1) is 14.1. The van der Waals surface area contributed by atoms with E-state index in [1.165, 1.54) is 11.4 Å². The normalized spacial score (nSPS) is 17.7. The summed E-state index contributed by atoms with van der Waals surface area (Å²) < 4.78 is 5.63. The van der Waals surface area contributed by atoms with Gasteiger partial charge in [-0.05, 0) is 58.4 Å². The van der Waals surface area contributed by atoms with Crippen molar-refractivity contribution in [3.8, 4) is 5.75 Å². The van der Waals surface area contributed by atoms with E-state index in [0.717, 1.165) is 60.8 Å². The molecule has 2 aromatic heterocycles. The summed E-state index contributed by atoms with van der Waals surface area (Å²) in [4.78, 5) is 18.9. The Morgan fingerprint density at radius 3 is 2.93 bits per heavy atom. The average Bonchev–Trinajstić information content (AvgIpc) is 3.09. The quantitative estimate of drug-likeness (QED) is 0.603. The van der Waals surface area contributed by atoms with Crippen molar-refractivity contribution in [2.75, 3.05) is 31.6 Å². The molecule has 0 aliphatic carbocycles. The second-order valence-corrected chi connectivity index (χ2v) is 8.61. The van der Waals surface area contributed by atoms with Gasteiger partial charge in [0, 0.05) is 36.1 Å². The molecule has 7 heteroatoms. The minimum absolute atomic E-state index is 0.569. The third-order valence-electron chi connectivity index (χ3n) is 5.63. The van der Waals surface area contributed by atoms with Gasteiger partial charge in [0.05, 0.1) is 24.4 Å². The first-order valence-electron chi connectivity index (χ1n) is 10.4. The van der Waals surface area contributed by atoms with Crippen molar-refractivity contribution in [1.82, 2.24) is 19.9 Å². The zero-order valence-corrected chi connectivity index (χ0v) is 18.3. The Bertz CT molecular complexity index is 946. The predicted molar refractivity (Wildman–Crippen MR) is 119 cm³/mol. The Hall–Kier alpha value is -2.25. The van der Waals surface area contributed by atoms with Crippen molar-refractivity contribution in [3.05, 3.63) is 40.5 Å². The molecule has 29 heavy (non-hydrogen) atoms. The summed E-state index contributed by atoms with van der Waals surface area (Å²) in [6, 6.07) is 6.65. The Labute approximate surface area is 176 Å². The highest BCUT2D eigenvalue weighted by Crippen LogP contribution is 2.26. The van der Waals surface area contributed by atoms with Crippen molar-refractivity contribution < 1.29 is 4.74 Å². The van der Waals surface area contributed by atoms with Gasteiger partial charge in [0.25, 0.3) is 0 Å². The smallest absolute Gasteiger partial charge is 0.226 e. The third-order valence-corrected chi connectivity index (χ3v) is 6.39. The number of aryl methyl sites for hydroxylation is 1. The summed E-state index contributed by atoms with van der Waals surface area (Å²) in [6.07, 6.45) is 5.35. The van der Waals surface area contributed by atoms with E-state index in [1.54, 1.807) is 11.3 Å². The van der Waals surface area contributed by atoms with Gasteiger partial charge in [-0.2, -0.15) is 0 Å². The molecule has 1 atom stereocenters. The second kappa shape index (κ2) is 9.05. The molecule has 154 valence electrons. The molecule has 1 fully saturated rings. The average molecular weight is 412 g/mol. The molecule has 1 aliphatic rings. The molecule has 0 bridgehead atoms. The SMILES string of the molecule is CCOc1ccc2nc(N3CCCC(N(C)Cc4nccs4)CC3)nc(C)c2c1. The van der Waals surface area contributed by atoms with Gasteiger partial charge in [-0.15, -0.1) is 11.3 Å². The molecule has 1 unspecified atom stereocenters. The standard InChI is InChI=1S/C22H29N5OS/c1-4-28-18-7-8-20-19(14-18)16(2)24-22(25-20)27-11-5-6-17(9-12-27)26(3)15-21-23-10-13-29-21/h7-8,10,13-14,17H,4-6,9,11-12,15H2,1-3H3. The van der Waals surface area contributed by atoms with Crippen LogP contribution in [0.3, 0.4) is 0 Å². The van der Waals surface area contributed by atoms with E-state index in [2.05, 4.69) is 34.1 Å². The summed E-state index contributed by atoms with van der Waals surface area (Å²) in [5.74, 6) is 1.72. The fourth-order valence-corrected chi connectivity index (χ4v) is 4.72. The molecule has 1 aromatic carbocycles. The van der Waals surface area contributed by atoms with E-state index in [-0.39, 0.29) is 0 Å². The molecule has 1 aliphatic heterocycles. The van der Waals surface area contributed by atoms with Crippen molar-refractivity contribution in [2.45, 2.75) is 45.7 Å². The lowest BCUT2D eigenvalue weighted by atomic mass is 10.1. The van der Waals surface area contributed by atoms with Gasteiger partial charge < -0.3 is 9.64 Å². The minimum Gasteiger partial charge on any atom is -0.494 e. The number of fused-ring (bicyclic) bond motifs is 1. The number of ether oxygens (including phenoxy) is 1. The van der Waals surface area contributed by atoms with Gasteiger partial charge in [-0.1, -0.05) is 0 Å². The number of aromatic nitrogens is 3. The van der Waals surface area contributed by atoms with Crippen LogP contribution >= 0.6 is 11.3 Å². The molecular formula is C22H29N5OS. The van der Waals surface area contributed by atoms with Crippen LogP contribution in [0.5, 0.6) is 5.75 Å². The fraction of sp³-hybridized carbons (Fsp3) is 0.500. The molecule has 0 saturated carbocycles. The van der Waals surface area contributed by atoms with Gasteiger partial charge in [0.1, 0.15) is 10.8 Å². The monoisotopic (exact) mass is 411 g/mol. The van der Waals surface area contributed by atoms with Crippen LogP contribution in [0.4, 0.5) is 5.95 Å². The van der Waals surface area contributed by atoms with Gasteiger partial charge >= 0.3 is 0 Å². The zero-order valence-electron chi connectivity index (χ0n) is 17.5. The lowest BCUT2D eigenvalue weighted by Gasteiger charge is -2.26. The Balaban J connectivity index is 1.47. The molecule has 0 radical (unpaired) electrons. The molecule has 6 nitrogen and oxygen atoms in total. The van der Waals surface area contributed by atoms with Gasteiger partial charge in [0.15, 0.2) is 0 Å². The van der Waals surface area contributed by atoms with Crippen LogP contribution in [0.1, 0.15) is 36.9 Å². The number of hydrogen-bond donors (Lipinski definition) is 0. The second-order valence-electron chi connectivity index (χ2n) is 7.63.